The van der Waals surface area contributed by atoms with E-state index in [2.05, 4.69) is 10.5 Å². The number of carbonyl (C=O) groups is 1. The Morgan fingerprint density at radius 1 is 1.21 bits per heavy atom. The van der Waals surface area contributed by atoms with Crippen molar-refractivity contribution >= 4 is 40.2 Å². The summed E-state index contributed by atoms with van der Waals surface area (Å²) in [6.07, 6.45) is 0. The molecule has 1 amide bonds. The van der Waals surface area contributed by atoms with Gasteiger partial charge < -0.3 is 15.6 Å². The smallest absolute Gasteiger partial charge is 0.283 e. The molecule has 4 N–H and O–H groups in total. The molecule has 1 heterocycles. The minimum atomic E-state index is -0.428. The van der Waals surface area contributed by atoms with Crippen molar-refractivity contribution in [1.82, 2.24) is 5.43 Å². The Labute approximate surface area is 171 Å². The van der Waals surface area contributed by atoms with Gasteiger partial charge in [0.2, 0.25) is 0 Å². The first-order valence-electron chi connectivity index (χ1n) is 8.26. The number of thiophene rings is 1. The number of aromatic hydroxyl groups is 1. The van der Waals surface area contributed by atoms with E-state index >= 15 is 0 Å². The Bertz CT molecular complexity index is 1050. The number of rotatable bonds is 5. The number of phenols is 1. The second-order valence-electron chi connectivity index (χ2n) is 5.92. The van der Waals surface area contributed by atoms with Crippen LogP contribution in [0.25, 0.3) is 10.4 Å². The molecule has 2 aromatic carbocycles. The molecule has 1 aromatic heterocycles. The summed E-state index contributed by atoms with van der Waals surface area (Å²) < 4.78 is 5.15. The Balaban J connectivity index is 1.79. The number of phenolic OH excluding ortho intramolecular Hbond substituents is 1. The highest BCUT2D eigenvalue weighted by molar-refractivity contribution is 7.18. The number of hydrogen-bond acceptors (Lipinski definition) is 6. The first-order valence-corrected chi connectivity index (χ1v) is 9.45. The van der Waals surface area contributed by atoms with E-state index in [9.17, 15) is 9.90 Å². The highest BCUT2D eigenvalue weighted by Crippen LogP contribution is 2.34. The summed E-state index contributed by atoms with van der Waals surface area (Å²) in [6, 6.07) is 13.8. The topological polar surface area (TPSA) is 96.9 Å². The molecule has 0 saturated heterocycles. The molecule has 28 heavy (non-hydrogen) atoms. The number of nitrogen functional groups attached to an aromatic ring is 1. The number of carbonyl (C=O) groups excluding carboxylic acids is 1. The van der Waals surface area contributed by atoms with Gasteiger partial charge in [0.1, 0.15) is 16.4 Å². The van der Waals surface area contributed by atoms with Crippen molar-refractivity contribution < 1.29 is 14.6 Å². The van der Waals surface area contributed by atoms with Crippen LogP contribution in [0.2, 0.25) is 5.02 Å². The SMILES string of the molecule is COc1ccc(-c2cc(N)c(C(=O)N/N=C(\C)c3cc(Cl)ccc3O)s2)cc1. The van der Waals surface area contributed by atoms with Gasteiger partial charge in [-0.05, 0) is 61.0 Å². The van der Waals surface area contributed by atoms with Crippen LogP contribution in [-0.4, -0.2) is 23.8 Å². The fraction of sp³-hybridized carbons (Fsp3) is 0.100. The first-order chi connectivity index (χ1) is 13.4. The van der Waals surface area contributed by atoms with Gasteiger partial charge >= 0.3 is 0 Å². The number of amides is 1. The molecule has 0 unspecified atom stereocenters. The van der Waals surface area contributed by atoms with Crippen molar-refractivity contribution in [1.29, 1.82) is 0 Å². The molecule has 8 heteroatoms. The Morgan fingerprint density at radius 3 is 2.61 bits per heavy atom. The number of ether oxygens (including phenoxy) is 1. The zero-order chi connectivity index (χ0) is 20.3. The molecule has 0 atom stereocenters. The van der Waals surface area contributed by atoms with E-state index in [0.717, 1.165) is 16.2 Å². The van der Waals surface area contributed by atoms with E-state index in [-0.39, 0.29) is 5.75 Å². The van der Waals surface area contributed by atoms with Gasteiger partial charge in [0.25, 0.3) is 5.91 Å². The predicted octanol–water partition coefficient (Wildman–Crippen LogP) is 4.52. The molecule has 0 bridgehead atoms. The Hall–Kier alpha value is -3.03. The zero-order valence-electron chi connectivity index (χ0n) is 15.2. The summed E-state index contributed by atoms with van der Waals surface area (Å²) >= 11 is 7.21. The Kier molecular flexibility index (Phi) is 5.87. The van der Waals surface area contributed by atoms with Gasteiger partial charge in [0.15, 0.2) is 0 Å². The second-order valence-corrected chi connectivity index (χ2v) is 7.41. The van der Waals surface area contributed by atoms with Gasteiger partial charge in [-0.1, -0.05) is 11.6 Å². The van der Waals surface area contributed by atoms with E-state index in [1.165, 1.54) is 17.4 Å². The number of anilines is 1. The van der Waals surface area contributed by atoms with Gasteiger partial charge in [0.05, 0.1) is 18.5 Å². The number of methoxy groups -OCH3 is 1. The molecule has 3 rings (SSSR count). The molecule has 0 saturated carbocycles. The minimum absolute atomic E-state index is 0.0253. The van der Waals surface area contributed by atoms with Crippen molar-refractivity contribution in [2.45, 2.75) is 6.92 Å². The monoisotopic (exact) mass is 415 g/mol. The molecule has 0 radical (unpaired) electrons. The number of nitrogens with zero attached hydrogens (tertiary/aromatic N) is 1. The summed E-state index contributed by atoms with van der Waals surface area (Å²) in [7, 11) is 1.60. The van der Waals surface area contributed by atoms with Crippen LogP contribution in [0.5, 0.6) is 11.5 Å². The maximum atomic E-state index is 12.5. The maximum Gasteiger partial charge on any atom is 0.283 e. The predicted molar refractivity (Wildman–Crippen MR) is 114 cm³/mol. The lowest BCUT2D eigenvalue weighted by molar-refractivity contribution is 0.0959. The van der Waals surface area contributed by atoms with Crippen LogP contribution in [0.4, 0.5) is 5.69 Å². The second kappa shape index (κ2) is 8.33. The number of halogens is 1. The quantitative estimate of drug-likeness (QED) is 0.421. The minimum Gasteiger partial charge on any atom is -0.507 e. The lowest BCUT2D eigenvalue weighted by atomic mass is 10.1. The lowest BCUT2D eigenvalue weighted by Gasteiger charge is -2.05. The van der Waals surface area contributed by atoms with Crippen LogP contribution in [0.15, 0.2) is 53.6 Å². The third-order valence-electron chi connectivity index (χ3n) is 4.02. The number of hydrogen-bond donors (Lipinski definition) is 3. The van der Waals surface area contributed by atoms with Crippen LogP contribution in [-0.2, 0) is 0 Å². The molecule has 0 fully saturated rings. The van der Waals surface area contributed by atoms with Crippen molar-refractivity contribution in [3.8, 4) is 21.9 Å². The average molecular weight is 416 g/mol. The van der Waals surface area contributed by atoms with Crippen molar-refractivity contribution in [2.75, 3.05) is 12.8 Å². The molecular weight excluding hydrogens is 398 g/mol. The molecule has 0 aliphatic heterocycles. The first kappa shape index (κ1) is 19.7. The highest BCUT2D eigenvalue weighted by Gasteiger charge is 2.16. The number of benzene rings is 2. The third kappa shape index (κ3) is 4.27. The number of nitrogens with two attached hydrogens (primary N) is 1. The van der Waals surface area contributed by atoms with E-state index < -0.39 is 5.91 Å². The summed E-state index contributed by atoms with van der Waals surface area (Å²) in [4.78, 5) is 13.7. The maximum absolute atomic E-state index is 12.5. The van der Waals surface area contributed by atoms with Gasteiger partial charge in [-0.2, -0.15) is 5.10 Å². The fourth-order valence-corrected chi connectivity index (χ4v) is 3.67. The number of hydrazone groups is 1. The van der Waals surface area contributed by atoms with E-state index in [0.29, 0.717) is 26.9 Å². The highest BCUT2D eigenvalue weighted by atomic mass is 35.5. The summed E-state index contributed by atoms with van der Waals surface area (Å²) in [5.74, 6) is 0.348. The molecule has 6 nitrogen and oxygen atoms in total. The largest absolute Gasteiger partial charge is 0.507 e. The van der Waals surface area contributed by atoms with Crippen LogP contribution in [0.3, 0.4) is 0 Å². The Morgan fingerprint density at radius 2 is 1.93 bits per heavy atom. The van der Waals surface area contributed by atoms with E-state index in [4.69, 9.17) is 22.1 Å². The molecular formula is C20H18ClN3O3S. The van der Waals surface area contributed by atoms with Gasteiger partial charge in [-0.15, -0.1) is 11.3 Å². The van der Waals surface area contributed by atoms with Gasteiger partial charge in [-0.25, -0.2) is 5.43 Å². The molecule has 0 spiro atoms. The number of nitrogens with one attached hydrogen (secondary N) is 1. The van der Waals surface area contributed by atoms with E-state index in [1.54, 1.807) is 32.2 Å². The van der Waals surface area contributed by atoms with Crippen LogP contribution in [0, 0.1) is 0 Å². The molecule has 3 aromatic rings. The van der Waals surface area contributed by atoms with Gasteiger partial charge in [0, 0.05) is 15.5 Å². The summed E-state index contributed by atoms with van der Waals surface area (Å²) in [6.45, 7) is 1.66. The third-order valence-corrected chi connectivity index (χ3v) is 5.45. The van der Waals surface area contributed by atoms with Crippen LogP contribution >= 0.6 is 22.9 Å². The van der Waals surface area contributed by atoms with E-state index in [1.807, 2.05) is 24.3 Å². The van der Waals surface area contributed by atoms with Crippen molar-refractivity contribution in [3.05, 3.63) is 64.0 Å². The average Bonchev–Trinajstić information content (AvgIpc) is 3.09. The molecule has 0 aliphatic rings. The van der Waals surface area contributed by atoms with Crippen molar-refractivity contribution in [2.24, 2.45) is 5.10 Å². The van der Waals surface area contributed by atoms with Crippen LogP contribution < -0.4 is 15.9 Å². The summed E-state index contributed by atoms with van der Waals surface area (Å²) in [5.41, 5.74) is 10.6. The van der Waals surface area contributed by atoms with Crippen LogP contribution in [0.1, 0.15) is 22.2 Å². The zero-order valence-corrected chi connectivity index (χ0v) is 16.8. The molecule has 0 aliphatic carbocycles. The molecule has 144 valence electrons. The fourth-order valence-electron chi connectivity index (χ4n) is 2.52. The van der Waals surface area contributed by atoms with Crippen molar-refractivity contribution in [3.63, 3.8) is 0 Å². The lowest BCUT2D eigenvalue weighted by Crippen LogP contribution is -2.19. The summed E-state index contributed by atoms with van der Waals surface area (Å²) in [5, 5.41) is 14.4. The normalized spacial score (nSPS) is 11.3. The standard InChI is InChI=1S/C20H18ClN3O3S/c1-11(15-9-13(21)5-8-17(15)25)23-24-20(26)19-16(22)10-18(28-19)12-3-6-14(27-2)7-4-12/h3-10,25H,22H2,1-2H3,(H,24,26)/b23-11+. The van der Waals surface area contributed by atoms with Gasteiger partial charge in [-0.3, -0.25) is 4.79 Å².